The Bertz CT molecular complexity index is 731. The second kappa shape index (κ2) is 5.26. The molecule has 0 spiro atoms. The molecule has 0 aliphatic rings. The summed E-state index contributed by atoms with van der Waals surface area (Å²) in [6.45, 7) is 4.13. The summed E-state index contributed by atoms with van der Waals surface area (Å²) in [5.74, 6) is 0. The Morgan fingerprint density at radius 1 is 1.15 bits per heavy atom. The van der Waals surface area contributed by atoms with Crippen LogP contribution in [0.3, 0.4) is 0 Å². The summed E-state index contributed by atoms with van der Waals surface area (Å²) < 4.78 is 0. The zero-order valence-corrected chi connectivity index (χ0v) is 12.3. The number of rotatable bonds is 3. The summed E-state index contributed by atoms with van der Waals surface area (Å²) in [6, 6.07) is 5.94. The first-order valence-corrected chi connectivity index (χ1v) is 7.34. The van der Waals surface area contributed by atoms with E-state index in [1.54, 1.807) is 23.7 Å². The second-order valence-electron chi connectivity index (χ2n) is 4.86. The van der Waals surface area contributed by atoms with E-state index in [9.17, 15) is 0 Å². The number of hydrogen-bond donors (Lipinski definition) is 1. The summed E-state index contributed by atoms with van der Waals surface area (Å²) in [4.78, 5) is 14.4. The number of hydrogen-bond acceptors (Lipinski definition) is 5. The highest BCUT2D eigenvalue weighted by Crippen LogP contribution is 2.23. The second-order valence-corrected chi connectivity index (χ2v) is 6.15. The van der Waals surface area contributed by atoms with Crippen molar-refractivity contribution < 1.29 is 0 Å². The van der Waals surface area contributed by atoms with E-state index < -0.39 is 0 Å². The van der Waals surface area contributed by atoms with Crippen LogP contribution in [0.1, 0.15) is 27.2 Å². The van der Waals surface area contributed by atoms with Gasteiger partial charge >= 0.3 is 0 Å². The third-order valence-corrected chi connectivity index (χ3v) is 4.48. The van der Waals surface area contributed by atoms with Gasteiger partial charge < -0.3 is 5.73 Å². The SMILES string of the molecule is Cc1nc(CC(N)c2ccc3nccnc3c2)sc1C. The van der Waals surface area contributed by atoms with Gasteiger partial charge in [-0.1, -0.05) is 6.07 Å². The molecule has 2 N–H and O–H groups in total. The maximum atomic E-state index is 6.30. The van der Waals surface area contributed by atoms with Gasteiger partial charge in [-0.3, -0.25) is 9.97 Å². The summed E-state index contributed by atoms with van der Waals surface area (Å²) >= 11 is 1.72. The van der Waals surface area contributed by atoms with E-state index in [1.165, 1.54) is 4.88 Å². The summed E-state index contributed by atoms with van der Waals surface area (Å²) in [5.41, 5.74) is 10.2. The molecule has 4 nitrogen and oxygen atoms in total. The monoisotopic (exact) mass is 284 g/mol. The van der Waals surface area contributed by atoms with Gasteiger partial charge in [0.15, 0.2) is 0 Å². The van der Waals surface area contributed by atoms with Crippen molar-refractivity contribution in [3.8, 4) is 0 Å². The highest BCUT2D eigenvalue weighted by atomic mass is 32.1. The van der Waals surface area contributed by atoms with E-state index in [0.29, 0.717) is 0 Å². The van der Waals surface area contributed by atoms with Crippen molar-refractivity contribution in [1.29, 1.82) is 0 Å². The minimum absolute atomic E-state index is 0.0636. The first-order chi connectivity index (χ1) is 9.63. The Labute approximate surface area is 121 Å². The van der Waals surface area contributed by atoms with E-state index in [4.69, 9.17) is 5.73 Å². The lowest BCUT2D eigenvalue weighted by atomic mass is 10.0. The minimum atomic E-state index is -0.0636. The highest BCUT2D eigenvalue weighted by Gasteiger charge is 2.12. The normalized spacial score (nSPS) is 12.8. The Hall–Kier alpha value is -1.85. The number of aryl methyl sites for hydroxylation is 2. The van der Waals surface area contributed by atoms with E-state index in [2.05, 4.69) is 21.9 Å². The lowest BCUT2D eigenvalue weighted by molar-refractivity contribution is 0.717. The molecule has 0 radical (unpaired) electrons. The first kappa shape index (κ1) is 13.1. The fourth-order valence-electron chi connectivity index (χ4n) is 2.14. The topological polar surface area (TPSA) is 64.7 Å². The van der Waals surface area contributed by atoms with Gasteiger partial charge in [-0.05, 0) is 31.5 Å². The molecule has 1 unspecified atom stereocenters. The molecule has 0 saturated carbocycles. The third kappa shape index (κ3) is 2.55. The molecule has 3 aromatic rings. The van der Waals surface area contributed by atoms with E-state index in [0.717, 1.165) is 33.7 Å². The molecule has 1 aromatic carbocycles. The van der Waals surface area contributed by atoms with Crippen LogP contribution in [0.2, 0.25) is 0 Å². The van der Waals surface area contributed by atoms with Gasteiger partial charge in [0.1, 0.15) is 0 Å². The van der Waals surface area contributed by atoms with Gasteiger partial charge in [0.2, 0.25) is 0 Å². The molecular weight excluding hydrogens is 268 g/mol. The van der Waals surface area contributed by atoms with Crippen molar-refractivity contribution in [3.63, 3.8) is 0 Å². The van der Waals surface area contributed by atoms with Crippen molar-refractivity contribution in [2.24, 2.45) is 5.73 Å². The molecule has 0 saturated heterocycles. The molecule has 0 fully saturated rings. The largest absolute Gasteiger partial charge is 0.324 e. The molecule has 102 valence electrons. The van der Waals surface area contributed by atoms with Gasteiger partial charge in [-0.2, -0.15) is 0 Å². The molecule has 2 aromatic heterocycles. The van der Waals surface area contributed by atoms with Crippen LogP contribution in [0.15, 0.2) is 30.6 Å². The Morgan fingerprint density at radius 2 is 1.90 bits per heavy atom. The fraction of sp³-hybridized carbons (Fsp3) is 0.267. The van der Waals surface area contributed by atoms with Crippen LogP contribution in [-0.4, -0.2) is 15.0 Å². The van der Waals surface area contributed by atoms with Crippen LogP contribution in [0.25, 0.3) is 11.0 Å². The smallest absolute Gasteiger partial charge is 0.0949 e. The molecule has 0 aliphatic carbocycles. The van der Waals surface area contributed by atoms with Gasteiger partial charge in [-0.15, -0.1) is 11.3 Å². The average molecular weight is 284 g/mol. The number of benzene rings is 1. The van der Waals surface area contributed by atoms with Crippen molar-refractivity contribution in [3.05, 3.63) is 51.7 Å². The molecular formula is C15H16N4S. The molecule has 0 aliphatic heterocycles. The summed E-state index contributed by atoms with van der Waals surface area (Å²) in [6.07, 6.45) is 4.15. The quantitative estimate of drug-likeness (QED) is 0.803. The number of fused-ring (bicyclic) bond motifs is 1. The van der Waals surface area contributed by atoms with Crippen LogP contribution in [-0.2, 0) is 6.42 Å². The van der Waals surface area contributed by atoms with Crippen LogP contribution in [0, 0.1) is 13.8 Å². The maximum absolute atomic E-state index is 6.30. The number of nitrogens with zero attached hydrogens (tertiary/aromatic N) is 3. The first-order valence-electron chi connectivity index (χ1n) is 6.52. The van der Waals surface area contributed by atoms with E-state index in [-0.39, 0.29) is 6.04 Å². The minimum Gasteiger partial charge on any atom is -0.324 e. The zero-order valence-electron chi connectivity index (χ0n) is 11.5. The molecule has 0 amide bonds. The average Bonchev–Trinajstić information content (AvgIpc) is 2.76. The Kier molecular flexibility index (Phi) is 3.46. The lowest BCUT2D eigenvalue weighted by Crippen LogP contribution is -2.13. The van der Waals surface area contributed by atoms with Gasteiger partial charge in [0.05, 0.1) is 21.7 Å². The van der Waals surface area contributed by atoms with Gasteiger partial charge in [-0.25, -0.2) is 4.98 Å². The van der Waals surface area contributed by atoms with E-state index in [1.807, 2.05) is 25.1 Å². The lowest BCUT2D eigenvalue weighted by Gasteiger charge is -2.10. The van der Waals surface area contributed by atoms with Crippen LogP contribution in [0.5, 0.6) is 0 Å². The van der Waals surface area contributed by atoms with E-state index >= 15 is 0 Å². The van der Waals surface area contributed by atoms with Crippen molar-refractivity contribution in [1.82, 2.24) is 15.0 Å². The Morgan fingerprint density at radius 3 is 2.60 bits per heavy atom. The standard InChI is InChI=1S/C15H16N4S/c1-9-10(2)20-15(19-9)8-12(16)11-3-4-13-14(7-11)18-6-5-17-13/h3-7,12H,8,16H2,1-2H3. The maximum Gasteiger partial charge on any atom is 0.0949 e. The molecule has 1 atom stereocenters. The van der Waals surface area contributed by atoms with Crippen molar-refractivity contribution in [2.75, 3.05) is 0 Å². The molecule has 3 rings (SSSR count). The van der Waals surface area contributed by atoms with Crippen LogP contribution in [0.4, 0.5) is 0 Å². The van der Waals surface area contributed by atoms with Gasteiger partial charge in [0.25, 0.3) is 0 Å². The molecule has 2 heterocycles. The molecule has 0 bridgehead atoms. The summed E-state index contributed by atoms with van der Waals surface area (Å²) in [5, 5.41) is 1.09. The Balaban J connectivity index is 1.86. The van der Waals surface area contributed by atoms with Crippen LogP contribution >= 0.6 is 11.3 Å². The van der Waals surface area contributed by atoms with Crippen LogP contribution < -0.4 is 5.73 Å². The zero-order chi connectivity index (χ0) is 14.1. The number of aromatic nitrogens is 3. The van der Waals surface area contributed by atoms with Crippen molar-refractivity contribution in [2.45, 2.75) is 26.3 Å². The fourth-order valence-corrected chi connectivity index (χ4v) is 3.14. The predicted molar refractivity (Wildman–Crippen MR) is 81.8 cm³/mol. The third-order valence-electron chi connectivity index (χ3n) is 3.39. The number of thiazole rings is 1. The molecule has 5 heteroatoms. The predicted octanol–water partition coefficient (Wildman–Crippen LogP) is 2.95. The molecule has 20 heavy (non-hydrogen) atoms. The highest BCUT2D eigenvalue weighted by molar-refractivity contribution is 7.11. The number of nitrogens with two attached hydrogens (primary N) is 1. The van der Waals surface area contributed by atoms with Gasteiger partial charge in [0, 0.05) is 29.7 Å². The van der Waals surface area contributed by atoms with Crippen molar-refractivity contribution >= 4 is 22.4 Å². The summed E-state index contributed by atoms with van der Waals surface area (Å²) in [7, 11) is 0.